The Balaban J connectivity index is 2.32. The van der Waals surface area contributed by atoms with Gasteiger partial charge in [0.2, 0.25) is 0 Å². The van der Waals surface area contributed by atoms with Gasteiger partial charge in [-0.05, 0) is 43.7 Å². The SMILES string of the molecule is COc1ccc2nc(CCCN)ccc2c1. The van der Waals surface area contributed by atoms with Crippen molar-refractivity contribution >= 4 is 10.9 Å². The predicted octanol–water partition coefficient (Wildman–Crippen LogP) is 2.13. The maximum Gasteiger partial charge on any atom is 0.119 e. The molecule has 0 spiro atoms. The van der Waals surface area contributed by atoms with Crippen molar-refractivity contribution in [2.45, 2.75) is 12.8 Å². The monoisotopic (exact) mass is 216 g/mol. The molecule has 0 aliphatic rings. The van der Waals surface area contributed by atoms with Gasteiger partial charge in [-0.1, -0.05) is 6.07 Å². The summed E-state index contributed by atoms with van der Waals surface area (Å²) in [5, 5.41) is 1.11. The molecule has 16 heavy (non-hydrogen) atoms. The molecule has 0 atom stereocenters. The molecule has 2 aromatic rings. The lowest BCUT2D eigenvalue weighted by Gasteiger charge is -2.04. The highest BCUT2D eigenvalue weighted by Gasteiger charge is 2.00. The lowest BCUT2D eigenvalue weighted by molar-refractivity contribution is 0.415. The van der Waals surface area contributed by atoms with Crippen molar-refractivity contribution in [3.63, 3.8) is 0 Å². The van der Waals surface area contributed by atoms with Crippen LogP contribution >= 0.6 is 0 Å². The van der Waals surface area contributed by atoms with Crippen molar-refractivity contribution in [3.05, 3.63) is 36.0 Å². The predicted molar refractivity (Wildman–Crippen MR) is 65.7 cm³/mol. The van der Waals surface area contributed by atoms with Gasteiger partial charge >= 0.3 is 0 Å². The molecule has 0 fully saturated rings. The van der Waals surface area contributed by atoms with Gasteiger partial charge in [-0.15, -0.1) is 0 Å². The van der Waals surface area contributed by atoms with Gasteiger partial charge in [0.15, 0.2) is 0 Å². The number of nitrogens with zero attached hydrogens (tertiary/aromatic N) is 1. The van der Waals surface area contributed by atoms with Crippen LogP contribution < -0.4 is 10.5 Å². The fraction of sp³-hybridized carbons (Fsp3) is 0.308. The summed E-state index contributed by atoms with van der Waals surface area (Å²) in [7, 11) is 1.67. The second-order valence-electron chi connectivity index (χ2n) is 3.75. The summed E-state index contributed by atoms with van der Waals surface area (Å²) in [6.07, 6.45) is 1.92. The highest BCUT2D eigenvalue weighted by molar-refractivity contribution is 5.80. The Morgan fingerprint density at radius 2 is 2.12 bits per heavy atom. The lowest BCUT2D eigenvalue weighted by Crippen LogP contribution is -2.01. The van der Waals surface area contributed by atoms with Crippen molar-refractivity contribution < 1.29 is 4.74 Å². The molecule has 0 amide bonds. The molecule has 0 unspecified atom stereocenters. The van der Waals surface area contributed by atoms with Crippen molar-refractivity contribution in [1.82, 2.24) is 4.98 Å². The van der Waals surface area contributed by atoms with Crippen LogP contribution in [0.3, 0.4) is 0 Å². The fourth-order valence-electron chi connectivity index (χ4n) is 1.70. The number of aryl methyl sites for hydroxylation is 1. The van der Waals surface area contributed by atoms with Crippen molar-refractivity contribution in [2.24, 2.45) is 5.73 Å². The maximum atomic E-state index is 5.48. The van der Waals surface area contributed by atoms with Crippen LogP contribution in [0.15, 0.2) is 30.3 Å². The van der Waals surface area contributed by atoms with Crippen LogP contribution in [-0.4, -0.2) is 18.6 Å². The Morgan fingerprint density at radius 3 is 2.88 bits per heavy atom. The van der Waals surface area contributed by atoms with Crippen LogP contribution in [0.25, 0.3) is 10.9 Å². The minimum Gasteiger partial charge on any atom is -0.497 e. The topological polar surface area (TPSA) is 48.1 Å². The van der Waals surface area contributed by atoms with Gasteiger partial charge in [0, 0.05) is 11.1 Å². The quantitative estimate of drug-likeness (QED) is 0.851. The molecule has 3 heteroatoms. The van der Waals surface area contributed by atoms with E-state index in [1.54, 1.807) is 7.11 Å². The number of aromatic nitrogens is 1. The summed E-state index contributed by atoms with van der Waals surface area (Å²) in [4.78, 5) is 4.58. The van der Waals surface area contributed by atoms with Crippen LogP contribution in [0.5, 0.6) is 5.75 Å². The third-order valence-electron chi connectivity index (χ3n) is 2.59. The van der Waals surface area contributed by atoms with E-state index in [-0.39, 0.29) is 0 Å². The molecule has 0 saturated carbocycles. The van der Waals surface area contributed by atoms with Gasteiger partial charge < -0.3 is 10.5 Å². The van der Waals surface area contributed by atoms with Crippen LogP contribution in [0.2, 0.25) is 0 Å². The smallest absolute Gasteiger partial charge is 0.119 e. The lowest BCUT2D eigenvalue weighted by atomic mass is 10.1. The Bertz CT molecular complexity index is 482. The van der Waals surface area contributed by atoms with E-state index in [0.29, 0.717) is 6.54 Å². The van der Waals surface area contributed by atoms with Gasteiger partial charge in [0.05, 0.1) is 12.6 Å². The summed E-state index contributed by atoms with van der Waals surface area (Å²) in [5.74, 6) is 0.865. The highest BCUT2D eigenvalue weighted by atomic mass is 16.5. The Hall–Kier alpha value is -1.61. The summed E-state index contributed by atoms with van der Waals surface area (Å²) >= 11 is 0. The van der Waals surface area contributed by atoms with E-state index in [1.807, 2.05) is 18.2 Å². The number of hydrogen-bond acceptors (Lipinski definition) is 3. The minimum absolute atomic E-state index is 0.711. The van der Waals surface area contributed by atoms with Crippen molar-refractivity contribution in [3.8, 4) is 5.75 Å². The number of benzene rings is 1. The summed E-state index contributed by atoms with van der Waals surface area (Å²) in [6, 6.07) is 10.0. The van der Waals surface area contributed by atoms with Gasteiger partial charge in [0.25, 0.3) is 0 Å². The molecule has 1 aromatic heterocycles. The van der Waals surface area contributed by atoms with E-state index in [4.69, 9.17) is 10.5 Å². The molecule has 3 nitrogen and oxygen atoms in total. The molecule has 1 aromatic carbocycles. The van der Waals surface area contributed by atoms with Crippen LogP contribution in [0, 0.1) is 0 Å². The number of methoxy groups -OCH3 is 1. The van der Waals surface area contributed by atoms with Gasteiger partial charge in [0.1, 0.15) is 5.75 Å². The average Bonchev–Trinajstić information content (AvgIpc) is 2.35. The second-order valence-corrected chi connectivity index (χ2v) is 3.75. The molecule has 2 N–H and O–H groups in total. The molecule has 0 bridgehead atoms. The van der Waals surface area contributed by atoms with E-state index in [1.165, 1.54) is 0 Å². The maximum absolute atomic E-state index is 5.48. The number of fused-ring (bicyclic) bond motifs is 1. The second kappa shape index (κ2) is 4.94. The molecule has 2 rings (SSSR count). The Morgan fingerprint density at radius 1 is 1.25 bits per heavy atom. The normalized spacial score (nSPS) is 10.6. The first-order valence-electron chi connectivity index (χ1n) is 5.47. The van der Waals surface area contributed by atoms with E-state index in [9.17, 15) is 0 Å². The number of hydrogen-bond donors (Lipinski definition) is 1. The number of rotatable bonds is 4. The zero-order valence-corrected chi connectivity index (χ0v) is 9.44. The third kappa shape index (κ3) is 2.31. The van der Waals surface area contributed by atoms with Crippen molar-refractivity contribution in [2.75, 3.05) is 13.7 Å². The van der Waals surface area contributed by atoms with E-state index >= 15 is 0 Å². The van der Waals surface area contributed by atoms with E-state index in [2.05, 4.69) is 17.1 Å². The molecular formula is C13H16N2O. The van der Waals surface area contributed by atoms with Gasteiger partial charge in [-0.25, -0.2) is 0 Å². The Labute approximate surface area is 95.2 Å². The first-order chi connectivity index (χ1) is 7.83. The van der Waals surface area contributed by atoms with Crippen LogP contribution in [0.4, 0.5) is 0 Å². The standard InChI is InChI=1S/C13H16N2O/c1-16-12-6-7-13-10(9-12)4-5-11(15-13)3-2-8-14/h4-7,9H,2-3,8,14H2,1H3. The summed E-state index contributed by atoms with van der Waals surface area (Å²) < 4.78 is 5.17. The first-order valence-corrected chi connectivity index (χ1v) is 5.47. The molecule has 84 valence electrons. The van der Waals surface area contributed by atoms with E-state index < -0.39 is 0 Å². The molecule has 1 heterocycles. The first kappa shape index (κ1) is 10.9. The van der Waals surface area contributed by atoms with Crippen LogP contribution in [0.1, 0.15) is 12.1 Å². The van der Waals surface area contributed by atoms with Gasteiger partial charge in [-0.2, -0.15) is 0 Å². The molecule has 0 saturated heterocycles. The average molecular weight is 216 g/mol. The summed E-state index contributed by atoms with van der Waals surface area (Å²) in [5.41, 5.74) is 7.59. The number of nitrogens with two attached hydrogens (primary N) is 1. The number of ether oxygens (including phenoxy) is 1. The summed E-state index contributed by atoms with van der Waals surface area (Å²) in [6.45, 7) is 0.711. The molecular weight excluding hydrogens is 200 g/mol. The molecule has 0 aliphatic heterocycles. The molecule has 0 aliphatic carbocycles. The number of pyridine rings is 1. The zero-order valence-electron chi connectivity index (χ0n) is 9.44. The highest BCUT2D eigenvalue weighted by Crippen LogP contribution is 2.19. The molecule has 0 radical (unpaired) electrons. The minimum atomic E-state index is 0.711. The Kier molecular flexibility index (Phi) is 3.37. The third-order valence-corrected chi connectivity index (χ3v) is 2.59. The van der Waals surface area contributed by atoms with Gasteiger partial charge in [-0.3, -0.25) is 4.98 Å². The van der Waals surface area contributed by atoms with E-state index in [0.717, 1.165) is 35.2 Å². The van der Waals surface area contributed by atoms with Crippen molar-refractivity contribution in [1.29, 1.82) is 0 Å². The largest absolute Gasteiger partial charge is 0.497 e. The van der Waals surface area contributed by atoms with Crippen LogP contribution in [-0.2, 0) is 6.42 Å². The fourth-order valence-corrected chi connectivity index (χ4v) is 1.70. The zero-order chi connectivity index (χ0) is 11.4.